The first kappa shape index (κ1) is 33.1. The molecule has 214 valence electrons. The van der Waals surface area contributed by atoms with Crippen molar-refractivity contribution < 1.29 is 62.5 Å². The second-order valence-electron chi connectivity index (χ2n) is 7.63. The van der Waals surface area contributed by atoms with Gasteiger partial charge in [0.15, 0.2) is 5.60 Å². The third kappa shape index (κ3) is 12.1. The highest BCUT2D eigenvalue weighted by molar-refractivity contribution is 7.79. The Morgan fingerprint density at radius 1 is 0.675 bits per heavy atom. The van der Waals surface area contributed by atoms with E-state index in [2.05, 4.69) is 9.97 Å². The highest BCUT2D eigenvalue weighted by Crippen LogP contribution is 2.21. The molecule has 0 unspecified atom stereocenters. The summed E-state index contributed by atoms with van der Waals surface area (Å²) in [5.74, 6) is -4.54. The van der Waals surface area contributed by atoms with Gasteiger partial charge in [0.05, 0.1) is 12.8 Å². The predicted molar refractivity (Wildman–Crippen MR) is 138 cm³/mol. The first-order valence-electron chi connectivity index (χ1n) is 10.7. The van der Waals surface area contributed by atoms with E-state index in [9.17, 15) is 24.6 Å². The van der Waals surface area contributed by atoms with E-state index in [4.69, 9.17) is 37.9 Å². The molecule has 0 aliphatic heterocycles. The van der Waals surface area contributed by atoms with Crippen molar-refractivity contribution in [3.8, 4) is 11.5 Å². The summed E-state index contributed by atoms with van der Waals surface area (Å²) in [7, 11) is -4.67. The van der Waals surface area contributed by atoms with Gasteiger partial charge in [0, 0.05) is 23.2 Å². The van der Waals surface area contributed by atoms with Crippen LogP contribution in [0.25, 0.3) is 21.8 Å². The maximum atomic E-state index is 10.3. The fraction of sp³-hybridized carbons (Fsp3) is 0.125. The molecule has 2 heterocycles. The number of rotatable bonds is 5. The smallest absolute Gasteiger partial charge is 0.394 e. The van der Waals surface area contributed by atoms with E-state index < -0.39 is 46.7 Å². The molecule has 4 aromatic rings. The van der Waals surface area contributed by atoms with Crippen LogP contribution >= 0.6 is 0 Å². The summed E-state index contributed by atoms with van der Waals surface area (Å²) in [6.45, 7) is 0. The molecule has 0 aliphatic rings. The molecule has 8 N–H and O–H groups in total. The van der Waals surface area contributed by atoms with Gasteiger partial charge in [0.25, 0.3) is 0 Å². The Hall–Kier alpha value is -4.90. The predicted octanol–water partition coefficient (Wildman–Crippen LogP) is 1.98. The van der Waals surface area contributed by atoms with Crippen molar-refractivity contribution in [3.05, 3.63) is 73.1 Å². The van der Waals surface area contributed by atoms with E-state index in [-0.39, 0.29) is 11.5 Å². The number of nitrogens with zero attached hydrogens (tertiary/aromatic N) is 2. The number of carbonyl (C=O) groups is 3. The average Bonchev–Trinajstić information content (AvgIpc) is 2.83. The molecule has 0 saturated heterocycles. The van der Waals surface area contributed by atoms with Crippen LogP contribution in [0, 0.1) is 0 Å². The molecular weight excluding hydrogens is 556 g/mol. The van der Waals surface area contributed by atoms with Gasteiger partial charge < -0.3 is 30.6 Å². The number of benzene rings is 2. The third-order valence-corrected chi connectivity index (χ3v) is 4.51. The number of hydrogen-bond acceptors (Lipinski definition) is 10. The fourth-order valence-corrected chi connectivity index (χ4v) is 2.89. The van der Waals surface area contributed by atoms with Crippen molar-refractivity contribution in [1.82, 2.24) is 9.97 Å². The molecule has 0 radical (unpaired) electrons. The molecule has 16 heteroatoms. The Morgan fingerprint density at radius 3 is 1.27 bits per heavy atom. The molecule has 2 aromatic heterocycles. The van der Waals surface area contributed by atoms with Crippen LogP contribution in [0.1, 0.15) is 12.8 Å². The van der Waals surface area contributed by atoms with Gasteiger partial charge in [-0.15, -0.1) is 0 Å². The number of aliphatic carboxylic acids is 3. The monoisotopic (exact) mass is 580 g/mol. The highest BCUT2D eigenvalue weighted by Gasteiger charge is 2.40. The number of aliphatic hydroxyl groups is 1. The van der Waals surface area contributed by atoms with E-state index in [1.165, 1.54) is 0 Å². The van der Waals surface area contributed by atoms with Crippen molar-refractivity contribution in [1.29, 1.82) is 0 Å². The van der Waals surface area contributed by atoms with Crippen molar-refractivity contribution in [3.63, 3.8) is 0 Å². The number of fused-ring (bicyclic) bond motifs is 2. The van der Waals surface area contributed by atoms with Gasteiger partial charge in [-0.3, -0.25) is 28.7 Å². The standard InChI is InChI=1S/2C9H7NO.C6H8O7.H2O4S/c2*11-8-5-1-3-7-4-2-6-10-9(7)8;7-3(8)1-6(13,5(11)12)2-4(9)10;1-5(2,3)4/h2*1-6,11H;13H,1-2H2,(H,7,8)(H,9,10)(H,11,12);(H2,1,2,3,4). The second-order valence-corrected chi connectivity index (χ2v) is 8.53. The quantitative estimate of drug-likeness (QED) is 0.157. The Morgan fingerprint density at radius 2 is 1.00 bits per heavy atom. The van der Waals surface area contributed by atoms with E-state index >= 15 is 0 Å². The van der Waals surface area contributed by atoms with Gasteiger partial charge in [0.1, 0.15) is 22.5 Å². The molecule has 0 saturated carbocycles. The minimum Gasteiger partial charge on any atom is -0.506 e. The minimum atomic E-state index is -4.67. The molecule has 0 spiro atoms. The average molecular weight is 581 g/mol. The topological polar surface area (TPSA) is 273 Å². The first-order chi connectivity index (χ1) is 18.5. The molecule has 4 rings (SSSR count). The Balaban J connectivity index is 0.000000277. The van der Waals surface area contributed by atoms with Gasteiger partial charge in [-0.1, -0.05) is 36.4 Å². The highest BCUT2D eigenvalue weighted by atomic mass is 32.3. The number of pyridine rings is 2. The lowest BCUT2D eigenvalue weighted by Gasteiger charge is -2.18. The summed E-state index contributed by atoms with van der Waals surface area (Å²) in [4.78, 5) is 38.5. The Labute approximate surface area is 225 Å². The number of carboxylic acid groups (broad SMARTS) is 3. The first-order valence-corrected chi connectivity index (χ1v) is 12.1. The van der Waals surface area contributed by atoms with Crippen LogP contribution in [0.5, 0.6) is 11.5 Å². The summed E-state index contributed by atoms with van der Waals surface area (Å²) in [6, 6.07) is 18.3. The molecular formula is C24H24N2O13S. The number of phenolic OH excluding ortho intramolecular Hbond substituents is 2. The molecule has 15 nitrogen and oxygen atoms in total. The van der Waals surface area contributed by atoms with Crippen molar-refractivity contribution in [2.75, 3.05) is 0 Å². The van der Waals surface area contributed by atoms with Gasteiger partial charge in [-0.05, 0) is 24.3 Å². The van der Waals surface area contributed by atoms with E-state index in [1.807, 2.05) is 36.4 Å². The number of phenols is 2. The normalized spacial score (nSPS) is 10.6. The van der Waals surface area contributed by atoms with E-state index in [1.54, 1.807) is 36.7 Å². The lowest BCUT2D eigenvalue weighted by Crippen LogP contribution is -2.42. The van der Waals surface area contributed by atoms with Crippen molar-refractivity contribution in [2.45, 2.75) is 18.4 Å². The maximum Gasteiger partial charge on any atom is 0.394 e. The summed E-state index contributed by atoms with van der Waals surface area (Å²) in [5.41, 5.74) is -1.41. The number of hydrogen-bond donors (Lipinski definition) is 8. The van der Waals surface area contributed by atoms with Crippen LogP contribution < -0.4 is 0 Å². The molecule has 2 aromatic carbocycles. The van der Waals surface area contributed by atoms with Crippen LogP contribution in [0.15, 0.2) is 73.1 Å². The number of carboxylic acids is 3. The zero-order chi connectivity index (χ0) is 30.5. The van der Waals surface area contributed by atoms with E-state index in [0.29, 0.717) is 11.0 Å². The zero-order valence-electron chi connectivity index (χ0n) is 20.3. The Bertz CT molecular complexity index is 1460. The summed E-state index contributed by atoms with van der Waals surface area (Å²) < 4.78 is 31.6. The lowest BCUT2D eigenvalue weighted by molar-refractivity contribution is -0.170. The van der Waals surface area contributed by atoms with Crippen LogP contribution in [0.4, 0.5) is 0 Å². The van der Waals surface area contributed by atoms with Gasteiger partial charge in [0.2, 0.25) is 0 Å². The van der Waals surface area contributed by atoms with Gasteiger partial charge in [-0.25, -0.2) is 4.79 Å². The largest absolute Gasteiger partial charge is 0.506 e. The van der Waals surface area contributed by atoms with Crippen LogP contribution in [0.3, 0.4) is 0 Å². The van der Waals surface area contributed by atoms with E-state index in [0.717, 1.165) is 10.8 Å². The summed E-state index contributed by atoms with van der Waals surface area (Å²) in [6.07, 6.45) is 1.05. The molecule has 0 aliphatic carbocycles. The number of aromatic hydroxyl groups is 2. The van der Waals surface area contributed by atoms with Gasteiger partial charge in [-0.2, -0.15) is 8.42 Å². The van der Waals surface area contributed by atoms with Crippen LogP contribution in [-0.2, 0) is 24.8 Å². The summed E-state index contributed by atoms with van der Waals surface area (Å²) in [5, 5.41) is 54.4. The van der Waals surface area contributed by atoms with Crippen molar-refractivity contribution >= 4 is 50.1 Å². The second kappa shape index (κ2) is 14.9. The molecule has 0 fully saturated rings. The fourth-order valence-electron chi connectivity index (χ4n) is 2.89. The van der Waals surface area contributed by atoms with Crippen LogP contribution in [0.2, 0.25) is 0 Å². The minimum absolute atomic E-state index is 0.239. The number of aromatic nitrogens is 2. The Kier molecular flexibility index (Phi) is 12.3. The van der Waals surface area contributed by atoms with Gasteiger partial charge >= 0.3 is 28.3 Å². The number of para-hydroxylation sites is 2. The maximum absolute atomic E-state index is 10.3. The van der Waals surface area contributed by atoms with Crippen molar-refractivity contribution in [2.24, 2.45) is 0 Å². The molecule has 40 heavy (non-hydrogen) atoms. The molecule has 0 bridgehead atoms. The lowest BCUT2D eigenvalue weighted by atomic mass is 9.96. The SMILES string of the molecule is O=C(O)CC(O)(CC(=O)O)C(=O)O.O=S(=O)(O)O.Oc1cccc2cccnc12.Oc1cccc2cccnc12. The zero-order valence-corrected chi connectivity index (χ0v) is 21.1. The third-order valence-electron chi connectivity index (χ3n) is 4.51. The molecule has 0 atom stereocenters. The van der Waals surface area contributed by atoms with Crippen LogP contribution in [-0.4, -0.2) is 81.6 Å². The molecule has 0 amide bonds. The summed E-state index contributed by atoms with van der Waals surface area (Å²) >= 11 is 0.